The van der Waals surface area contributed by atoms with Crippen LogP contribution in [-0.2, 0) is 4.79 Å². The number of carbonyl (C=O) groups excluding carboxylic acids is 1. The predicted octanol–water partition coefficient (Wildman–Crippen LogP) is 0.964. The largest absolute Gasteiger partial charge is 0.352 e. The third-order valence-corrected chi connectivity index (χ3v) is 4.50. The average Bonchev–Trinajstić information content (AvgIpc) is 3.32. The molecule has 2 fully saturated rings. The molecule has 1 aromatic rings. The van der Waals surface area contributed by atoms with Gasteiger partial charge in [-0.1, -0.05) is 0 Å². The molecule has 0 bridgehead atoms. The van der Waals surface area contributed by atoms with Crippen molar-refractivity contribution in [2.75, 3.05) is 31.6 Å². The molecular formula is C16H25N5O. The van der Waals surface area contributed by atoms with Crippen LogP contribution in [-0.4, -0.2) is 59.5 Å². The lowest BCUT2D eigenvalue weighted by Gasteiger charge is -2.36. The highest BCUT2D eigenvalue weighted by molar-refractivity contribution is 5.78. The zero-order chi connectivity index (χ0) is 15.5. The second-order valence-corrected chi connectivity index (χ2v) is 6.52. The fraction of sp³-hybridized carbons (Fsp3) is 0.688. The SMILES string of the molecule is Cc1cnc(N(C)C2CCN(CC(=O)NC3CC3)CC2)nc1. The molecule has 0 radical (unpaired) electrons. The summed E-state index contributed by atoms with van der Waals surface area (Å²) in [7, 11) is 2.06. The highest BCUT2D eigenvalue weighted by Gasteiger charge is 2.27. The van der Waals surface area contributed by atoms with Crippen molar-refractivity contribution in [3.8, 4) is 0 Å². The van der Waals surface area contributed by atoms with Gasteiger partial charge >= 0.3 is 0 Å². The van der Waals surface area contributed by atoms with Gasteiger partial charge in [0.25, 0.3) is 0 Å². The molecule has 6 heteroatoms. The van der Waals surface area contributed by atoms with Gasteiger partial charge in [0.2, 0.25) is 11.9 Å². The highest BCUT2D eigenvalue weighted by Crippen LogP contribution is 2.20. The zero-order valence-electron chi connectivity index (χ0n) is 13.5. The Bertz CT molecular complexity index is 506. The first kappa shape index (κ1) is 15.2. The van der Waals surface area contributed by atoms with Crippen LogP contribution in [0.1, 0.15) is 31.2 Å². The van der Waals surface area contributed by atoms with Gasteiger partial charge in [-0.3, -0.25) is 9.69 Å². The third-order valence-electron chi connectivity index (χ3n) is 4.50. The van der Waals surface area contributed by atoms with Gasteiger partial charge in [-0.15, -0.1) is 0 Å². The van der Waals surface area contributed by atoms with Crippen LogP contribution in [0.5, 0.6) is 0 Å². The van der Waals surface area contributed by atoms with Gasteiger partial charge in [0.05, 0.1) is 6.54 Å². The monoisotopic (exact) mass is 303 g/mol. The summed E-state index contributed by atoms with van der Waals surface area (Å²) in [4.78, 5) is 25.1. The Morgan fingerprint density at radius 1 is 1.27 bits per heavy atom. The van der Waals surface area contributed by atoms with Gasteiger partial charge in [-0.2, -0.15) is 0 Å². The second kappa shape index (κ2) is 6.60. The maximum Gasteiger partial charge on any atom is 0.234 e. The maximum atomic E-state index is 11.8. The van der Waals surface area contributed by atoms with E-state index in [0.717, 1.165) is 50.3 Å². The molecule has 2 heterocycles. The van der Waals surface area contributed by atoms with Crippen molar-refractivity contribution in [3.05, 3.63) is 18.0 Å². The van der Waals surface area contributed by atoms with Crippen LogP contribution in [0.2, 0.25) is 0 Å². The van der Waals surface area contributed by atoms with Gasteiger partial charge in [0.15, 0.2) is 0 Å². The average molecular weight is 303 g/mol. The number of nitrogens with zero attached hydrogens (tertiary/aromatic N) is 4. The molecule has 1 aliphatic heterocycles. The lowest BCUT2D eigenvalue weighted by atomic mass is 10.0. The predicted molar refractivity (Wildman–Crippen MR) is 85.8 cm³/mol. The summed E-state index contributed by atoms with van der Waals surface area (Å²) in [6.45, 7) is 4.45. The van der Waals surface area contributed by atoms with E-state index >= 15 is 0 Å². The minimum atomic E-state index is 0.177. The lowest BCUT2D eigenvalue weighted by molar-refractivity contribution is -0.122. The van der Waals surface area contributed by atoms with Crippen LogP contribution < -0.4 is 10.2 Å². The summed E-state index contributed by atoms with van der Waals surface area (Å²) in [6, 6.07) is 0.903. The lowest BCUT2D eigenvalue weighted by Crippen LogP contribution is -2.47. The Labute approximate surface area is 131 Å². The van der Waals surface area contributed by atoms with Gasteiger partial charge in [-0.25, -0.2) is 9.97 Å². The molecule has 1 N–H and O–H groups in total. The van der Waals surface area contributed by atoms with Crippen molar-refractivity contribution in [2.45, 2.75) is 44.7 Å². The van der Waals surface area contributed by atoms with Gasteiger partial charge in [0, 0.05) is 44.6 Å². The Hall–Kier alpha value is -1.69. The molecule has 1 amide bonds. The molecule has 0 spiro atoms. The number of aryl methyl sites for hydroxylation is 1. The summed E-state index contributed by atoms with van der Waals surface area (Å²) in [5.41, 5.74) is 1.08. The van der Waals surface area contributed by atoms with Gasteiger partial charge in [-0.05, 0) is 38.2 Å². The standard InChI is InChI=1S/C16H25N5O/c1-12-9-17-16(18-10-12)20(2)14-5-7-21(8-6-14)11-15(22)19-13-3-4-13/h9-10,13-14H,3-8,11H2,1-2H3,(H,19,22). The number of rotatable bonds is 5. The van der Waals surface area contributed by atoms with E-state index in [4.69, 9.17) is 0 Å². The molecule has 0 aromatic carbocycles. The van der Waals surface area contributed by atoms with Crippen LogP contribution in [0.15, 0.2) is 12.4 Å². The summed E-state index contributed by atoms with van der Waals surface area (Å²) >= 11 is 0. The maximum absolute atomic E-state index is 11.8. The Kier molecular flexibility index (Phi) is 4.57. The van der Waals surface area contributed by atoms with Crippen molar-refractivity contribution in [2.24, 2.45) is 0 Å². The smallest absolute Gasteiger partial charge is 0.234 e. The normalized spacial score (nSPS) is 19.9. The number of piperidine rings is 1. The molecule has 1 saturated carbocycles. The van der Waals surface area contributed by atoms with Crippen LogP contribution in [0.4, 0.5) is 5.95 Å². The number of hydrogen-bond donors (Lipinski definition) is 1. The molecule has 3 rings (SSSR count). The third kappa shape index (κ3) is 3.94. The molecule has 0 unspecified atom stereocenters. The van der Waals surface area contributed by atoms with Crippen molar-refractivity contribution in [1.82, 2.24) is 20.2 Å². The van der Waals surface area contributed by atoms with E-state index in [1.54, 1.807) is 0 Å². The molecule has 1 saturated heterocycles. The summed E-state index contributed by atoms with van der Waals surface area (Å²) in [5.74, 6) is 0.965. The first-order chi connectivity index (χ1) is 10.6. The Morgan fingerprint density at radius 3 is 2.50 bits per heavy atom. The molecule has 2 aliphatic rings. The van der Waals surface area contributed by atoms with Crippen molar-refractivity contribution >= 4 is 11.9 Å². The number of carbonyl (C=O) groups is 1. The van der Waals surface area contributed by atoms with E-state index in [1.807, 2.05) is 19.3 Å². The minimum Gasteiger partial charge on any atom is -0.352 e. The summed E-state index contributed by atoms with van der Waals surface area (Å²) in [6.07, 6.45) is 8.10. The van der Waals surface area contributed by atoms with E-state index in [-0.39, 0.29) is 5.91 Å². The topological polar surface area (TPSA) is 61.4 Å². The van der Waals surface area contributed by atoms with E-state index in [9.17, 15) is 4.79 Å². The molecule has 0 atom stereocenters. The fourth-order valence-electron chi connectivity index (χ4n) is 2.90. The molecule has 1 aliphatic carbocycles. The highest BCUT2D eigenvalue weighted by atomic mass is 16.2. The number of nitrogens with one attached hydrogen (secondary N) is 1. The fourth-order valence-corrected chi connectivity index (χ4v) is 2.90. The number of likely N-dealkylation sites (tertiary alicyclic amines) is 1. The van der Waals surface area contributed by atoms with E-state index < -0.39 is 0 Å². The first-order valence-electron chi connectivity index (χ1n) is 8.15. The number of hydrogen-bond acceptors (Lipinski definition) is 5. The van der Waals surface area contributed by atoms with Crippen LogP contribution in [0.3, 0.4) is 0 Å². The van der Waals surface area contributed by atoms with Crippen LogP contribution >= 0.6 is 0 Å². The quantitative estimate of drug-likeness (QED) is 0.878. The number of aromatic nitrogens is 2. The molecule has 120 valence electrons. The Balaban J connectivity index is 1.46. The van der Waals surface area contributed by atoms with Gasteiger partial charge in [0.1, 0.15) is 0 Å². The van der Waals surface area contributed by atoms with E-state index in [2.05, 4.69) is 32.1 Å². The van der Waals surface area contributed by atoms with Crippen molar-refractivity contribution < 1.29 is 4.79 Å². The minimum absolute atomic E-state index is 0.177. The van der Waals surface area contributed by atoms with E-state index in [0.29, 0.717) is 18.6 Å². The zero-order valence-corrected chi connectivity index (χ0v) is 13.5. The number of amides is 1. The second-order valence-electron chi connectivity index (χ2n) is 6.52. The van der Waals surface area contributed by atoms with Crippen LogP contribution in [0.25, 0.3) is 0 Å². The molecule has 22 heavy (non-hydrogen) atoms. The molecule has 1 aromatic heterocycles. The Morgan fingerprint density at radius 2 is 1.91 bits per heavy atom. The molecule has 6 nitrogen and oxygen atoms in total. The van der Waals surface area contributed by atoms with E-state index in [1.165, 1.54) is 0 Å². The van der Waals surface area contributed by atoms with Crippen LogP contribution in [0, 0.1) is 6.92 Å². The van der Waals surface area contributed by atoms with Crippen molar-refractivity contribution in [3.63, 3.8) is 0 Å². The molecular weight excluding hydrogens is 278 g/mol. The number of anilines is 1. The summed E-state index contributed by atoms with van der Waals surface area (Å²) < 4.78 is 0. The van der Waals surface area contributed by atoms with Gasteiger partial charge < -0.3 is 10.2 Å². The summed E-state index contributed by atoms with van der Waals surface area (Å²) in [5, 5.41) is 3.06. The van der Waals surface area contributed by atoms with Crippen molar-refractivity contribution in [1.29, 1.82) is 0 Å². The first-order valence-corrected chi connectivity index (χ1v) is 8.15.